The van der Waals surface area contributed by atoms with Crippen molar-refractivity contribution in [2.45, 2.75) is 53.1 Å². The topological polar surface area (TPSA) is 50.1 Å². The van der Waals surface area contributed by atoms with Crippen molar-refractivity contribution in [3.05, 3.63) is 47.4 Å². The quantitative estimate of drug-likeness (QED) is 0.662. The Morgan fingerprint density at radius 1 is 1.00 bits per heavy atom. The summed E-state index contributed by atoms with van der Waals surface area (Å²) in [5.74, 6) is 0.879. The van der Waals surface area contributed by atoms with Gasteiger partial charge >= 0.3 is 0 Å². The van der Waals surface area contributed by atoms with Crippen LogP contribution in [0.2, 0.25) is 0 Å². The Hall–Kier alpha value is -2.47. The molecule has 1 fully saturated rings. The third-order valence-corrected chi connectivity index (χ3v) is 6.26. The van der Waals surface area contributed by atoms with Gasteiger partial charge in [0.05, 0.1) is 11.2 Å². The van der Waals surface area contributed by atoms with Crippen LogP contribution in [0.5, 0.6) is 0 Å². The second-order valence-electron chi connectivity index (χ2n) is 8.35. The average Bonchev–Trinajstić information content (AvgIpc) is 3.10. The van der Waals surface area contributed by atoms with E-state index in [9.17, 15) is 0 Å². The van der Waals surface area contributed by atoms with Gasteiger partial charge in [-0.15, -0.1) is 0 Å². The number of aromatic nitrogens is 4. The zero-order chi connectivity index (χ0) is 20.4. The van der Waals surface area contributed by atoms with E-state index in [-0.39, 0.29) is 0 Å². The SMILES string of the molecule is Cc1cc2nc(N3CCCN(C(C)CCn4cccn4)CC3)nc(C)c2cc1C. The highest BCUT2D eigenvalue weighted by atomic mass is 15.3. The van der Waals surface area contributed by atoms with Crippen molar-refractivity contribution in [1.29, 1.82) is 0 Å². The first kappa shape index (κ1) is 19.8. The zero-order valence-corrected chi connectivity index (χ0v) is 18.1. The summed E-state index contributed by atoms with van der Waals surface area (Å²) in [6.07, 6.45) is 6.15. The molecule has 1 aliphatic heterocycles. The summed E-state index contributed by atoms with van der Waals surface area (Å²) < 4.78 is 2.02. The van der Waals surface area contributed by atoms with E-state index in [1.165, 1.54) is 16.5 Å². The first-order chi connectivity index (χ1) is 14.0. The number of hydrogen-bond acceptors (Lipinski definition) is 5. The average molecular weight is 393 g/mol. The molecule has 0 bridgehead atoms. The van der Waals surface area contributed by atoms with Crippen LogP contribution in [0, 0.1) is 20.8 Å². The lowest BCUT2D eigenvalue weighted by Gasteiger charge is -2.28. The van der Waals surface area contributed by atoms with E-state index in [4.69, 9.17) is 9.97 Å². The van der Waals surface area contributed by atoms with E-state index in [1.54, 1.807) is 0 Å². The van der Waals surface area contributed by atoms with Crippen molar-refractivity contribution in [2.75, 3.05) is 31.1 Å². The normalized spacial score (nSPS) is 16.9. The third-order valence-electron chi connectivity index (χ3n) is 6.26. The van der Waals surface area contributed by atoms with Crippen molar-refractivity contribution in [3.8, 4) is 0 Å². The van der Waals surface area contributed by atoms with Gasteiger partial charge in [-0.3, -0.25) is 9.58 Å². The molecule has 0 spiro atoms. The molecule has 0 saturated carbocycles. The Kier molecular flexibility index (Phi) is 5.81. The van der Waals surface area contributed by atoms with Crippen molar-refractivity contribution in [1.82, 2.24) is 24.6 Å². The van der Waals surface area contributed by atoms with Gasteiger partial charge in [-0.2, -0.15) is 5.10 Å². The number of aryl methyl sites for hydroxylation is 4. The second kappa shape index (κ2) is 8.49. The molecule has 1 unspecified atom stereocenters. The molecule has 0 radical (unpaired) electrons. The van der Waals surface area contributed by atoms with Crippen molar-refractivity contribution >= 4 is 16.9 Å². The van der Waals surface area contributed by atoms with Crippen LogP contribution >= 0.6 is 0 Å². The predicted molar refractivity (Wildman–Crippen MR) is 118 cm³/mol. The standard InChI is InChI=1S/C23H32N6/c1-17-15-21-20(4)25-23(26-22(21)16-18(17)2)28-10-6-9-27(13-14-28)19(3)7-12-29-11-5-8-24-29/h5,8,11,15-16,19H,6-7,9-10,12-14H2,1-4H3. The smallest absolute Gasteiger partial charge is 0.226 e. The van der Waals surface area contributed by atoms with Gasteiger partial charge < -0.3 is 4.90 Å². The third kappa shape index (κ3) is 4.42. The first-order valence-corrected chi connectivity index (χ1v) is 10.7. The number of nitrogens with zero attached hydrogens (tertiary/aromatic N) is 6. The molecule has 1 aromatic carbocycles. The van der Waals surface area contributed by atoms with Crippen LogP contribution < -0.4 is 4.90 Å². The van der Waals surface area contributed by atoms with Gasteiger partial charge in [0.1, 0.15) is 0 Å². The zero-order valence-electron chi connectivity index (χ0n) is 18.1. The largest absolute Gasteiger partial charge is 0.339 e. The molecule has 3 aromatic rings. The maximum absolute atomic E-state index is 4.93. The minimum atomic E-state index is 0.545. The maximum atomic E-state index is 4.93. The number of hydrogen-bond donors (Lipinski definition) is 0. The lowest BCUT2D eigenvalue weighted by molar-refractivity contribution is 0.206. The molecule has 29 heavy (non-hydrogen) atoms. The van der Waals surface area contributed by atoms with E-state index in [1.807, 2.05) is 23.1 Å². The molecule has 0 amide bonds. The fourth-order valence-electron chi connectivity index (χ4n) is 4.18. The lowest BCUT2D eigenvalue weighted by Crippen LogP contribution is -2.37. The van der Waals surface area contributed by atoms with Gasteiger partial charge in [0.15, 0.2) is 0 Å². The Morgan fingerprint density at radius 3 is 2.62 bits per heavy atom. The summed E-state index contributed by atoms with van der Waals surface area (Å²) >= 11 is 0. The van der Waals surface area contributed by atoms with Crippen molar-refractivity contribution in [2.24, 2.45) is 0 Å². The van der Waals surface area contributed by atoms with Gasteiger partial charge in [-0.25, -0.2) is 9.97 Å². The minimum absolute atomic E-state index is 0.545. The molecule has 1 atom stereocenters. The molecular weight excluding hydrogens is 360 g/mol. The van der Waals surface area contributed by atoms with Gasteiger partial charge in [0.25, 0.3) is 0 Å². The van der Waals surface area contributed by atoms with Crippen molar-refractivity contribution < 1.29 is 0 Å². The lowest BCUT2D eigenvalue weighted by atomic mass is 10.1. The van der Waals surface area contributed by atoms with Gasteiger partial charge in [0, 0.05) is 56.5 Å². The summed E-state index contributed by atoms with van der Waals surface area (Å²) in [4.78, 5) is 14.8. The van der Waals surface area contributed by atoms with E-state index >= 15 is 0 Å². The van der Waals surface area contributed by atoms with Crippen LogP contribution in [0.3, 0.4) is 0 Å². The van der Waals surface area contributed by atoms with Crippen LogP contribution in [0.25, 0.3) is 10.9 Å². The van der Waals surface area contributed by atoms with Crippen LogP contribution in [-0.2, 0) is 6.54 Å². The molecule has 154 valence electrons. The first-order valence-electron chi connectivity index (χ1n) is 10.7. The van der Waals surface area contributed by atoms with Gasteiger partial charge in [-0.1, -0.05) is 0 Å². The van der Waals surface area contributed by atoms with E-state index in [0.29, 0.717) is 6.04 Å². The second-order valence-corrected chi connectivity index (χ2v) is 8.35. The molecule has 1 aliphatic rings. The fourth-order valence-corrected chi connectivity index (χ4v) is 4.18. The predicted octanol–water partition coefficient (Wildman–Crippen LogP) is 3.74. The molecular formula is C23H32N6. The summed E-state index contributed by atoms with van der Waals surface area (Å²) in [5.41, 5.74) is 4.71. The number of rotatable bonds is 5. The minimum Gasteiger partial charge on any atom is -0.339 e. The van der Waals surface area contributed by atoms with E-state index in [0.717, 1.165) is 62.7 Å². The fraction of sp³-hybridized carbons (Fsp3) is 0.522. The highest BCUT2D eigenvalue weighted by Gasteiger charge is 2.21. The highest BCUT2D eigenvalue weighted by molar-refractivity contribution is 5.83. The summed E-state index contributed by atoms with van der Waals surface area (Å²) in [6, 6.07) is 6.95. The molecule has 3 heterocycles. The van der Waals surface area contributed by atoms with Crippen LogP contribution in [-0.4, -0.2) is 56.9 Å². The van der Waals surface area contributed by atoms with Gasteiger partial charge in [-0.05, 0) is 69.9 Å². The molecule has 6 heteroatoms. The molecule has 6 nitrogen and oxygen atoms in total. The van der Waals surface area contributed by atoms with Crippen LogP contribution in [0.1, 0.15) is 36.6 Å². The van der Waals surface area contributed by atoms with Crippen LogP contribution in [0.15, 0.2) is 30.6 Å². The molecule has 0 aliphatic carbocycles. The number of anilines is 1. The summed E-state index contributed by atoms with van der Waals surface area (Å²) in [6.45, 7) is 13.9. The summed E-state index contributed by atoms with van der Waals surface area (Å²) in [7, 11) is 0. The van der Waals surface area contributed by atoms with Gasteiger partial charge in [0.2, 0.25) is 5.95 Å². The molecule has 0 N–H and O–H groups in total. The Balaban J connectivity index is 1.44. The van der Waals surface area contributed by atoms with Crippen LogP contribution in [0.4, 0.5) is 5.95 Å². The monoisotopic (exact) mass is 392 g/mol. The number of fused-ring (bicyclic) bond motifs is 1. The highest BCUT2D eigenvalue weighted by Crippen LogP contribution is 2.23. The molecule has 1 saturated heterocycles. The van der Waals surface area contributed by atoms with Crippen molar-refractivity contribution in [3.63, 3.8) is 0 Å². The maximum Gasteiger partial charge on any atom is 0.226 e. The van der Waals surface area contributed by atoms with E-state index in [2.05, 4.69) is 54.7 Å². The molecule has 4 rings (SSSR count). The molecule has 2 aromatic heterocycles. The Bertz CT molecular complexity index is 965. The Labute approximate surface area is 173 Å². The summed E-state index contributed by atoms with van der Waals surface area (Å²) in [5, 5.41) is 5.49. The number of benzene rings is 1. The van der Waals surface area contributed by atoms with E-state index < -0.39 is 0 Å². The Morgan fingerprint density at radius 2 is 1.83 bits per heavy atom.